The van der Waals surface area contributed by atoms with Crippen molar-refractivity contribution in [3.05, 3.63) is 40.6 Å². The Bertz CT molecular complexity index is 848. The van der Waals surface area contributed by atoms with Crippen molar-refractivity contribution in [2.45, 2.75) is 37.6 Å². The van der Waals surface area contributed by atoms with Gasteiger partial charge in [-0.05, 0) is 50.2 Å². The molecule has 7 heteroatoms. The molecule has 1 N–H and O–H groups in total. The summed E-state index contributed by atoms with van der Waals surface area (Å²) in [7, 11) is 0. The molecule has 1 saturated carbocycles. The van der Waals surface area contributed by atoms with Crippen LogP contribution >= 0.6 is 11.3 Å². The van der Waals surface area contributed by atoms with Gasteiger partial charge in [0.1, 0.15) is 5.82 Å². The molecule has 2 fully saturated rings. The Hall–Kier alpha value is -1.99. The van der Waals surface area contributed by atoms with Gasteiger partial charge in [-0.25, -0.2) is 4.98 Å². The summed E-state index contributed by atoms with van der Waals surface area (Å²) < 4.78 is 2.10. The molecule has 3 aromatic rings. The predicted molar refractivity (Wildman–Crippen MR) is 99.1 cm³/mol. The van der Waals surface area contributed by atoms with Gasteiger partial charge in [-0.2, -0.15) is 0 Å². The van der Waals surface area contributed by atoms with Gasteiger partial charge < -0.3 is 5.32 Å². The lowest BCUT2D eigenvalue weighted by Crippen LogP contribution is -2.30. The smallest absolute Gasteiger partial charge is 0.203 e. The summed E-state index contributed by atoms with van der Waals surface area (Å²) in [5, 5.41) is 14.5. The van der Waals surface area contributed by atoms with Crippen molar-refractivity contribution in [2.75, 3.05) is 25.0 Å². The van der Waals surface area contributed by atoms with E-state index >= 15 is 0 Å². The molecule has 1 unspecified atom stereocenters. The molecule has 6 nitrogen and oxygen atoms in total. The van der Waals surface area contributed by atoms with Gasteiger partial charge in [0.15, 0.2) is 5.82 Å². The molecule has 3 aromatic heterocycles. The van der Waals surface area contributed by atoms with Crippen molar-refractivity contribution >= 4 is 22.8 Å². The molecule has 130 valence electrons. The second kappa shape index (κ2) is 6.38. The number of nitrogens with zero attached hydrogens (tertiary/aromatic N) is 5. The fourth-order valence-corrected chi connectivity index (χ4v) is 4.59. The number of hydrogen-bond donors (Lipinski definition) is 1. The Morgan fingerprint density at radius 1 is 1.24 bits per heavy atom. The third-order valence-corrected chi connectivity index (χ3v) is 6.19. The van der Waals surface area contributed by atoms with E-state index in [-0.39, 0.29) is 0 Å². The molecule has 25 heavy (non-hydrogen) atoms. The zero-order valence-corrected chi connectivity index (χ0v) is 15.0. The maximum absolute atomic E-state index is 4.53. The quantitative estimate of drug-likeness (QED) is 0.736. The van der Waals surface area contributed by atoms with Crippen molar-refractivity contribution < 1.29 is 0 Å². The Kier molecular flexibility index (Phi) is 3.90. The topological polar surface area (TPSA) is 58.4 Å². The molecule has 2 aliphatic rings. The Labute approximate surface area is 150 Å². The molecule has 1 aliphatic carbocycles. The minimum atomic E-state index is 0.399. The lowest BCUT2D eigenvalue weighted by molar-refractivity contribution is 0.259. The Morgan fingerprint density at radius 3 is 2.88 bits per heavy atom. The van der Waals surface area contributed by atoms with Crippen LogP contribution in [0.3, 0.4) is 0 Å². The molecule has 0 bridgehead atoms. The molecule has 1 saturated heterocycles. The number of rotatable bonds is 6. The van der Waals surface area contributed by atoms with Crippen molar-refractivity contribution in [2.24, 2.45) is 0 Å². The highest BCUT2D eigenvalue weighted by atomic mass is 32.1. The van der Waals surface area contributed by atoms with Crippen LogP contribution in [0.5, 0.6) is 0 Å². The van der Waals surface area contributed by atoms with Crippen molar-refractivity contribution in [3.8, 4) is 0 Å². The fraction of sp³-hybridized carbons (Fsp3) is 0.500. The van der Waals surface area contributed by atoms with Gasteiger partial charge in [0.05, 0.1) is 6.04 Å². The number of likely N-dealkylation sites (tertiary alicyclic amines) is 1. The highest BCUT2D eigenvalue weighted by molar-refractivity contribution is 7.10. The Morgan fingerprint density at radius 2 is 2.12 bits per heavy atom. The average Bonchev–Trinajstić information content (AvgIpc) is 3.10. The van der Waals surface area contributed by atoms with Crippen LogP contribution in [0.2, 0.25) is 0 Å². The first kappa shape index (κ1) is 15.3. The number of nitrogens with one attached hydrogen (secondary N) is 1. The second-order valence-electron chi connectivity index (χ2n) is 6.96. The lowest BCUT2D eigenvalue weighted by atomic mass is 10.2. The molecular formula is C18H22N6S. The molecule has 1 aliphatic heterocycles. The van der Waals surface area contributed by atoms with E-state index in [1.807, 2.05) is 23.7 Å². The minimum absolute atomic E-state index is 0.399. The Balaban J connectivity index is 1.39. The van der Waals surface area contributed by atoms with Crippen LogP contribution in [0.1, 0.15) is 48.3 Å². The monoisotopic (exact) mass is 354 g/mol. The highest BCUT2D eigenvalue weighted by Crippen LogP contribution is 2.39. The van der Waals surface area contributed by atoms with Crippen LogP contribution < -0.4 is 5.32 Å². The molecule has 0 radical (unpaired) electrons. The summed E-state index contributed by atoms with van der Waals surface area (Å²) in [6.07, 6.45) is 8.86. The third kappa shape index (κ3) is 2.91. The zero-order valence-electron chi connectivity index (χ0n) is 14.1. The summed E-state index contributed by atoms with van der Waals surface area (Å²) in [5.74, 6) is 2.49. The van der Waals surface area contributed by atoms with E-state index < -0.39 is 0 Å². The second-order valence-corrected chi connectivity index (χ2v) is 7.94. The third-order valence-electron chi connectivity index (χ3n) is 5.21. The molecule has 0 amide bonds. The van der Waals surface area contributed by atoms with Gasteiger partial charge >= 0.3 is 0 Å². The van der Waals surface area contributed by atoms with Gasteiger partial charge in [0, 0.05) is 29.7 Å². The number of fused-ring (bicyclic) bond motifs is 1. The summed E-state index contributed by atoms with van der Waals surface area (Å²) in [4.78, 5) is 8.53. The van der Waals surface area contributed by atoms with E-state index in [2.05, 4.69) is 47.3 Å². The molecular weight excluding hydrogens is 332 g/mol. The number of anilines is 1. The van der Waals surface area contributed by atoms with Gasteiger partial charge in [-0.1, -0.05) is 6.07 Å². The molecule has 4 heterocycles. The first-order chi connectivity index (χ1) is 12.4. The van der Waals surface area contributed by atoms with Crippen LogP contribution in [0, 0.1) is 0 Å². The summed E-state index contributed by atoms with van der Waals surface area (Å²) >= 11 is 1.84. The number of thiophene rings is 1. The first-order valence-electron chi connectivity index (χ1n) is 9.11. The summed E-state index contributed by atoms with van der Waals surface area (Å²) in [6, 6.07) is 4.78. The van der Waals surface area contributed by atoms with Crippen LogP contribution in [-0.4, -0.2) is 44.1 Å². The highest BCUT2D eigenvalue weighted by Gasteiger charge is 2.29. The molecule has 1 atom stereocenters. The average molecular weight is 354 g/mol. The fourth-order valence-electron chi connectivity index (χ4n) is 3.73. The van der Waals surface area contributed by atoms with Crippen LogP contribution in [0.4, 0.5) is 5.82 Å². The van der Waals surface area contributed by atoms with Gasteiger partial charge in [0.2, 0.25) is 5.65 Å². The van der Waals surface area contributed by atoms with Crippen LogP contribution in [-0.2, 0) is 0 Å². The summed E-state index contributed by atoms with van der Waals surface area (Å²) in [5.41, 5.74) is 0.843. The van der Waals surface area contributed by atoms with E-state index in [9.17, 15) is 0 Å². The maximum Gasteiger partial charge on any atom is 0.203 e. The van der Waals surface area contributed by atoms with E-state index in [1.54, 1.807) is 0 Å². The molecule has 0 aromatic carbocycles. The standard InChI is InChI=1S/C18H22N6S/c1-2-9-23(8-1)14(15-4-3-11-25-15)12-20-16-18-22-21-17(13-5-6-13)24(18)10-7-19-16/h3-4,7,10-11,13-14H,1-2,5-6,8-9,12H2,(H,19,20). The predicted octanol–water partition coefficient (Wildman–Crippen LogP) is 3.31. The van der Waals surface area contributed by atoms with E-state index in [0.717, 1.165) is 23.8 Å². The van der Waals surface area contributed by atoms with Crippen LogP contribution in [0.15, 0.2) is 29.9 Å². The van der Waals surface area contributed by atoms with Gasteiger partial charge in [-0.3, -0.25) is 9.30 Å². The van der Waals surface area contributed by atoms with Crippen LogP contribution in [0.25, 0.3) is 5.65 Å². The van der Waals surface area contributed by atoms with E-state index in [0.29, 0.717) is 12.0 Å². The molecule has 5 rings (SSSR count). The summed E-state index contributed by atoms with van der Waals surface area (Å²) in [6.45, 7) is 3.20. The van der Waals surface area contributed by atoms with Crippen molar-refractivity contribution in [1.29, 1.82) is 0 Å². The largest absolute Gasteiger partial charge is 0.365 e. The van der Waals surface area contributed by atoms with E-state index in [1.165, 1.54) is 43.6 Å². The number of hydrogen-bond acceptors (Lipinski definition) is 6. The zero-order chi connectivity index (χ0) is 16.6. The van der Waals surface area contributed by atoms with Gasteiger partial charge in [0.25, 0.3) is 0 Å². The van der Waals surface area contributed by atoms with Crippen molar-refractivity contribution in [1.82, 2.24) is 24.5 Å². The normalized spacial score (nSPS) is 19.5. The SMILES string of the molecule is c1csc(C(CNc2nccn3c(C4CC4)nnc23)N2CCCC2)c1. The minimum Gasteiger partial charge on any atom is -0.365 e. The van der Waals surface area contributed by atoms with Gasteiger partial charge in [-0.15, -0.1) is 21.5 Å². The molecule has 0 spiro atoms. The van der Waals surface area contributed by atoms with Crippen molar-refractivity contribution in [3.63, 3.8) is 0 Å². The number of aromatic nitrogens is 4. The lowest BCUT2D eigenvalue weighted by Gasteiger charge is -2.27. The first-order valence-corrected chi connectivity index (χ1v) is 9.99. The maximum atomic E-state index is 4.53. The van der Waals surface area contributed by atoms with E-state index in [4.69, 9.17) is 0 Å².